The highest BCUT2D eigenvalue weighted by atomic mass is 16.5. The maximum Gasteiger partial charge on any atom is 0.330 e. The van der Waals surface area contributed by atoms with Crippen LogP contribution in [0.4, 0.5) is 11.4 Å². The number of para-hydroxylation sites is 1. The van der Waals surface area contributed by atoms with Crippen LogP contribution < -0.4 is 4.90 Å². The minimum absolute atomic E-state index is 0.367. The number of hydrogen-bond acceptors (Lipinski definition) is 4. The molecule has 4 nitrogen and oxygen atoms in total. The molecule has 4 heteroatoms. The van der Waals surface area contributed by atoms with Gasteiger partial charge in [0.15, 0.2) is 0 Å². The quantitative estimate of drug-likeness (QED) is 0.273. The molecular formula is C24H18N2O2. The van der Waals surface area contributed by atoms with Gasteiger partial charge in [0.2, 0.25) is 0 Å². The van der Waals surface area contributed by atoms with Crippen LogP contribution in [-0.4, -0.2) is 25.1 Å². The van der Waals surface area contributed by atoms with Gasteiger partial charge in [0.25, 0.3) is 0 Å². The summed E-state index contributed by atoms with van der Waals surface area (Å²) in [5.41, 5.74) is 6.34. The van der Waals surface area contributed by atoms with E-state index in [0.717, 1.165) is 49.9 Å². The second-order valence-corrected chi connectivity index (χ2v) is 6.87. The number of carbonyl (C=O) groups excluding carboxylic acids is 1. The number of pyridine rings is 1. The van der Waals surface area contributed by atoms with Crippen molar-refractivity contribution in [3.8, 4) is 11.3 Å². The molecule has 0 atom stereocenters. The van der Waals surface area contributed by atoms with Crippen LogP contribution in [0.3, 0.4) is 0 Å². The second kappa shape index (κ2) is 6.20. The topological polar surface area (TPSA) is 42.4 Å². The molecule has 28 heavy (non-hydrogen) atoms. The van der Waals surface area contributed by atoms with E-state index in [4.69, 9.17) is 4.98 Å². The van der Waals surface area contributed by atoms with Crippen LogP contribution in [0, 0.1) is 0 Å². The van der Waals surface area contributed by atoms with Crippen molar-refractivity contribution in [2.75, 3.05) is 19.1 Å². The Morgan fingerprint density at radius 3 is 2.68 bits per heavy atom. The summed E-state index contributed by atoms with van der Waals surface area (Å²) >= 11 is 0. The number of rotatable bonds is 2. The maximum atomic E-state index is 11.4. The van der Waals surface area contributed by atoms with E-state index in [9.17, 15) is 4.79 Å². The summed E-state index contributed by atoms with van der Waals surface area (Å²) in [4.78, 5) is 18.7. The number of hydrogen-bond donors (Lipinski definition) is 0. The predicted octanol–water partition coefficient (Wildman–Crippen LogP) is 5.32. The first kappa shape index (κ1) is 16.5. The van der Waals surface area contributed by atoms with E-state index in [2.05, 4.69) is 65.2 Å². The molecular weight excluding hydrogens is 348 g/mol. The molecule has 136 valence electrons. The molecule has 0 N–H and O–H groups in total. The van der Waals surface area contributed by atoms with Crippen LogP contribution >= 0.6 is 0 Å². The zero-order chi connectivity index (χ0) is 19.3. The third-order valence-corrected chi connectivity index (χ3v) is 5.32. The number of anilines is 2. The van der Waals surface area contributed by atoms with Crippen LogP contribution in [-0.2, 0) is 9.53 Å². The fourth-order valence-corrected chi connectivity index (χ4v) is 3.96. The Hall–Kier alpha value is -3.66. The van der Waals surface area contributed by atoms with Gasteiger partial charge in [0.1, 0.15) is 0 Å². The Bertz CT molecular complexity index is 1290. The minimum Gasteiger partial charge on any atom is -0.466 e. The Labute approximate surface area is 162 Å². The number of carbonyl (C=O) groups is 1. The van der Waals surface area contributed by atoms with Crippen molar-refractivity contribution in [1.29, 1.82) is 0 Å². The molecule has 0 saturated carbocycles. The highest BCUT2D eigenvalue weighted by Crippen LogP contribution is 2.47. The molecule has 4 aromatic rings. The standard InChI is InChI=1S/C24H18N2O2/c1-26-20-8-4-3-6-17(20)24-23-16(7-5-9-21(23)26)18-14-15(10-12-19(18)25-24)11-13-22(27)28-2/h3-14H,1-2H3. The van der Waals surface area contributed by atoms with Crippen molar-refractivity contribution in [3.63, 3.8) is 0 Å². The predicted molar refractivity (Wildman–Crippen MR) is 114 cm³/mol. The molecule has 1 aliphatic heterocycles. The number of fused-ring (bicyclic) bond motifs is 4. The van der Waals surface area contributed by atoms with Crippen LogP contribution in [0.15, 0.2) is 66.7 Å². The Kier molecular flexibility index (Phi) is 3.66. The fraction of sp³-hybridized carbons (Fsp3) is 0.0833. The van der Waals surface area contributed by atoms with E-state index in [1.165, 1.54) is 13.2 Å². The minimum atomic E-state index is -0.367. The summed E-state index contributed by atoms with van der Waals surface area (Å²) in [6.45, 7) is 0. The van der Waals surface area contributed by atoms with Crippen LogP contribution in [0.2, 0.25) is 0 Å². The van der Waals surface area contributed by atoms with Crippen LogP contribution in [0.25, 0.3) is 39.0 Å². The molecule has 0 fully saturated rings. The average Bonchev–Trinajstić information content (AvgIpc) is 2.75. The molecule has 0 bridgehead atoms. The second-order valence-electron chi connectivity index (χ2n) is 6.87. The zero-order valence-corrected chi connectivity index (χ0v) is 15.6. The van der Waals surface area contributed by atoms with E-state index in [1.807, 2.05) is 12.1 Å². The van der Waals surface area contributed by atoms with E-state index in [-0.39, 0.29) is 5.97 Å². The third kappa shape index (κ3) is 2.38. The van der Waals surface area contributed by atoms with Crippen molar-refractivity contribution < 1.29 is 9.53 Å². The number of methoxy groups -OCH3 is 1. The van der Waals surface area contributed by atoms with Gasteiger partial charge < -0.3 is 9.64 Å². The number of ether oxygens (including phenoxy) is 1. The monoisotopic (exact) mass is 366 g/mol. The van der Waals surface area contributed by atoms with Gasteiger partial charge in [-0.25, -0.2) is 9.78 Å². The van der Waals surface area contributed by atoms with Crippen molar-refractivity contribution >= 4 is 45.1 Å². The van der Waals surface area contributed by atoms with E-state index < -0.39 is 0 Å². The Morgan fingerprint density at radius 2 is 1.82 bits per heavy atom. The fourth-order valence-electron chi connectivity index (χ4n) is 3.96. The molecule has 3 aromatic carbocycles. The average molecular weight is 366 g/mol. The van der Waals surface area contributed by atoms with E-state index in [0.29, 0.717) is 0 Å². The lowest BCUT2D eigenvalue weighted by atomic mass is 9.93. The van der Waals surface area contributed by atoms with Gasteiger partial charge in [0.05, 0.1) is 29.7 Å². The Morgan fingerprint density at radius 1 is 1.00 bits per heavy atom. The normalized spacial score (nSPS) is 12.6. The van der Waals surface area contributed by atoms with Gasteiger partial charge in [-0.3, -0.25) is 0 Å². The lowest BCUT2D eigenvalue weighted by Crippen LogP contribution is -2.15. The Balaban J connectivity index is 1.82. The molecule has 0 aliphatic carbocycles. The number of aromatic nitrogens is 1. The first-order valence-electron chi connectivity index (χ1n) is 9.13. The van der Waals surface area contributed by atoms with Crippen LogP contribution in [0.1, 0.15) is 5.56 Å². The first-order valence-corrected chi connectivity index (χ1v) is 9.13. The van der Waals surface area contributed by atoms with Gasteiger partial charge in [-0.2, -0.15) is 0 Å². The molecule has 0 amide bonds. The van der Waals surface area contributed by atoms with Crippen molar-refractivity contribution in [3.05, 3.63) is 72.3 Å². The summed E-state index contributed by atoms with van der Waals surface area (Å²) in [6.07, 6.45) is 3.20. The molecule has 0 unspecified atom stereocenters. The molecule has 1 aromatic heterocycles. The highest BCUT2D eigenvalue weighted by molar-refractivity contribution is 6.19. The third-order valence-electron chi connectivity index (χ3n) is 5.32. The number of esters is 1. The maximum absolute atomic E-state index is 11.4. The zero-order valence-electron chi connectivity index (χ0n) is 15.6. The number of nitrogens with zero attached hydrogens (tertiary/aromatic N) is 2. The van der Waals surface area contributed by atoms with Gasteiger partial charge in [0, 0.05) is 29.5 Å². The van der Waals surface area contributed by atoms with Gasteiger partial charge in [-0.15, -0.1) is 0 Å². The molecule has 2 heterocycles. The van der Waals surface area contributed by atoms with E-state index >= 15 is 0 Å². The smallest absolute Gasteiger partial charge is 0.330 e. The summed E-state index contributed by atoms with van der Waals surface area (Å²) in [5, 5.41) is 3.39. The summed E-state index contributed by atoms with van der Waals surface area (Å²) < 4.78 is 4.68. The summed E-state index contributed by atoms with van der Waals surface area (Å²) in [6, 6.07) is 20.8. The van der Waals surface area contributed by atoms with Crippen molar-refractivity contribution in [1.82, 2.24) is 4.98 Å². The first-order chi connectivity index (χ1) is 13.7. The highest BCUT2D eigenvalue weighted by Gasteiger charge is 2.24. The largest absolute Gasteiger partial charge is 0.466 e. The molecule has 5 rings (SSSR count). The molecule has 0 radical (unpaired) electrons. The van der Waals surface area contributed by atoms with Gasteiger partial charge in [-0.1, -0.05) is 36.4 Å². The van der Waals surface area contributed by atoms with E-state index in [1.54, 1.807) is 6.08 Å². The molecule has 0 spiro atoms. The van der Waals surface area contributed by atoms with Gasteiger partial charge >= 0.3 is 5.97 Å². The molecule has 1 aliphatic rings. The summed E-state index contributed by atoms with van der Waals surface area (Å²) in [7, 11) is 3.47. The number of benzene rings is 3. The summed E-state index contributed by atoms with van der Waals surface area (Å²) in [5.74, 6) is -0.367. The van der Waals surface area contributed by atoms with Crippen LogP contribution in [0.5, 0.6) is 0 Å². The SMILES string of the molecule is COC(=O)C=Cc1ccc2nc3c4c(cccc4c2c1)N(C)c1ccccc1-3. The van der Waals surface area contributed by atoms with Crippen molar-refractivity contribution in [2.45, 2.75) is 0 Å². The van der Waals surface area contributed by atoms with Gasteiger partial charge in [-0.05, 0) is 41.3 Å². The van der Waals surface area contributed by atoms with Crippen molar-refractivity contribution in [2.24, 2.45) is 0 Å². The lowest BCUT2D eigenvalue weighted by molar-refractivity contribution is -0.134. The lowest BCUT2D eigenvalue weighted by Gasteiger charge is -2.30. The molecule has 0 saturated heterocycles.